The largest absolute Gasteiger partial charge is 0.397 e. The van der Waals surface area contributed by atoms with Crippen LogP contribution in [-0.2, 0) is 14.3 Å². The molecule has 8 heteroatoms. The van der Waals surface area contributed by atoms with Crippen LogP contribution in [0.3, 0.4) is 0 Å². The third-order valence-electron chi connectivity index (χ3n) is 4.56. The van der Waals surface area contributed by atoms with Gasteiger partial charge in [0.15, 0.2) is 0 Å². The van der Waals surface area contributed by atoms with Crippen molar-refractivity contribution < 1.29 is 27.5 Å². The molecule has 1 unspecified atom stereocenters. The molecule has 25 heavy (non-hydrogen) atoms. The van der Waals surface area contributed by atoms with Gasteiger partial charge in [-0.15, -0.1) is 0 Å². The van der Waals surface area contributed by atoms with Crippen molar-refractivity contribution in [1.29, 1.82) is 0 Å². The quantitative estimate of drug-likeness (QED) is 0.817. The van der Waals surface area contributed by atoms with Crippen molar-refractivity contribution in [2.24, 2.45) is 0 Å². The fourth-order valence-corrected chi connectivity index (χ4v) is 3.40. The van der Waals surface area contributed by atoms with Gasteiger partial charge in [-0.2, -0.15) is 13.2 Å². The van der Waals surface area contributed by atoms with E-state index in [1.807, 2.05) is 18.2 Å². The minimum atomic E-state index is -4.53. The van der Waals surface area contributed by atoms with E-state index >= 15 is 0 Å². The predicted molar refractivity (Wildman–Crippen MR) is 84.0 cm³/mol. The van der Waals surface area contributed by atoms with Gasteiger partial charge < -0.3 is 14.5 Å². The Morgan fingerprint density at radius 1 is 1.20 bits per heavy atom. The number of alkyl halides is 3. The van der Waals surface area contributed by atoms with Crippen molar-refractivity contribution >= 4 is 17.5 Å². The number of likely N-dealkylation sites (tertiary alicyclic amines) is 1. The zero-order valence-electron chi connectivity index (χ0n) is 13.6. The van der Waals surface area contributed by atoms with Gasteiger partial charge in [0, 0.05) is 12.2 Å². The molecule has 0 aromatic heterocycles. The highest BCUT2D eigenvalue weighted by Crippen LogP contribution is 2.32. The number of carbonyl (C=O) groups is 2. The normalized spacial score (nSPS) is 24.7. The van der Waals surface area contributed by atoms with Gasteiger partial charge in [0.2, 0.25) is 5.91 Å². The lowest BCUT2D eigenvalue weighted by Crippen LogP contribution is -2.62. The fourth-order valence-electron chi connectivity index (χ4n) is 3.40. The number of hydrogen-bond donors (Lipinski definition) is 0. The second-order valence-electron chi connectivity index (χ2n) is 6.50. The summed E-state index contributed by atoms with van der Waals surface area (Å²) in [5, 5.41) is 0. The van der Waals surface area contributed by atoms with Gasteiger partial charge in [-0.1, -0.05) is 18.2 Å². The lowest BCUT2D eigenvalue weighted by atomic mass is 9.90. The Balaban J connectivity index is 1.74. The zero-order valence-corrected chi connectivity index (χ0v) is 13.6. The molecule has 0 aliphatic carbocycles. The lowest BCUT2D eigenvalue weighted by molar-refractivity contribution is -0.170. The van der Waals surface area contributed by atoms with Crippen LogP contribution in [0.15, 0.2) is 30.3 Å². The molecule has 0 radical (unpaired) electrons. The van der Waals surface area contributed by atoms with Crippen LogP contribution < -0.4 is 4.90 Å². The van der Waals surface area contributed by atoms with E-state index < -0.39 is 24.1 Å². The molecule has 5 nitrogen and oxygen atoms in total. The van der Waals surface area contributed by atoms with Crippen LogP contribution in [0.4, 0.5) is 18.9 Å². The topological polar surface area (TPSA) is 49.9 Å². The Kier molecular flexibility index (Phi) is 4.73. The molecule has 1 spiro atoms. The number of piperidine rings is 1. The number of halogens is 3. The maximum atomic E-state index is 12.5. The van der Waals surface area contributed by atoms with Gasteiger partial charge >= 0.3 is 6.18 Å². The van der Waals surface area contributed by atoms with Gasteiger partial charge in [0.05, 0.1) is 13.1 Å². The number of carbonyl (C=O) groups excluding carboxylic acids is 2. The van der Waals surface area contributed by atoms with E-state index in [2.05, 4.69) is 0 Å². The molecule has 1 aromatic rings. The second kappa shape index (κ2) is 6.67. The summed E-state index contributed by atoms with van der Waals surface area (Å²) in [7, 11) is 0. The lowest BCUT2D eigenvalue weighted by Gasteiger charge is -2.47. The molecule has 2 heterocycles. The number of hydrogen-bond acceptors (Lipinski definition) is 3. The first-order valence-corrected chi connectivity index (χ1v) is 8.12. The van der Waals surface area contributed by atoms with E-state index in [9.17, 15) is 22.8 Å². The summed E-state index contributed by atoms with van der Waals surface area (Å²) in [6.45, 7) is 0.430. The van der Waals surface area contributed by atoms with Crippen molar-refractivity contribution in [2.75, 3.05) is 31.1 Å². The van der Waals surface area contributed by atoms with E-state index in [0.29, 0.717) is 18.5 Å². The molecule has 2 amide bonds. The standard InChI is InChI=1S/C17H19F3N2O3/c18-17(19,20)9-14(23)21-8-4-7-16(11-21)12-22(15(24)10-25-16)13-5-2-1-3-6-13/h1-3,5-6H,4,7-12H2. The van der Waals surface area contributed by atoms with E-state index in [1.54, 1.807) is 17.0 Å². The third kappa shape index (κ3) is 4.12. The summed E-state index contributed by atoms with van der Waals surface area (Å²) >= 11 is 0. The number of rotatable bonds is 2. The van der Waals surface area contributed by atoms with Crippen molar-refractivity contribution in [3.05, 3.63) is 30.3 Å². The predicted octanol–water partition coefficient (Wildman–Crippen LogP) is 2.36. The number of anilines is 1. The molecule has 1 aromatic carbocycles. The number of para-hydroxylation sites is 1. The van der Waals surface area contributed by atoms with Crippen LogP contribution in [-0.4, -0.2) is 54.7 Å². The molecular weight excluding hydrogens is 337 g/mol. The van der Waals surface area contributed by atoms with E-state index in [1.165, 1.54) is 4.90 Å². The van der Waals surface area contributed by atoms with Crippen LogP contribution >= 0.6 is 0 Å². The molecule has 2 fully saturated rings. The highest BCUT2D eigenvalue weighted by Gasteiger charge is 2.45. The van der Waals surface area contributed by atoms with Crippen LogP contribution in [0, 0.1) is 0 Å². The van der Waals surface area contributed by atoms with Gasteiger partial charge in [-0.05, 0) is 25.0 Å². The third-order valence-corrected chi connectivity index (χ3v) is 4.56. The van der Waals surface area contributed by atoms with Crippen LogP contribution in [0.25, 0.3) is 0 Å². The smallest absolute Gasteiger partial charge is 0.361 e. The molecule has 2 aliphatic rings. The molecule has 136 valence electrons. The van der Waals surface area contributed by atoms with Crippen molar-refractivity contribution in [3.63, 3.8) is 0 Å². The molecule has 3 rings (SSSR count). The first-order valence-electron chi connectivity index (χ1n) is 8.12. The molecule has 0 bridgehead atoms. The van der Waals surface area contributed by atoms with Crippen LogP contribution in [0.5, 0.6) is 0 Å². The summed E-state index contributed by atoms with van der Waals surface area (Å²) in [6, 6.07) is 9.05. The van der Waals surface area contributed by atoms with Gasteiger partial charge in [-0.3, -0.25) is 9.59 Å². The van der Waals surface area contributed by atoms with Crippen molar-refractivity contribution in [2.45, 2.75) is 31.0 Å². The highest BCUT2D eigenvalue weighted by molar-refractivity contribution is 5.95. The van der Waals surface area contributed by atoms with Crippen LogP contribution in [0.2, 0.25) is 0 Å². The summed E-state index contributed by atoms with van der Waals surface area (Å²) in [6.07, 6.45) is -4.86. The maximum absolute atomic E-state index is 12.5. The SMILES string of the molecule is O=C(CC(F)(F)F)N1CCCC2(C1)CN(c1ccccc1)C(=O)CO2. The van der Waals surface area contributed by atoms with E-state index in [-0.39, 0.29) is 32.1 Å². The summed E-state index contributed by atoms with van der Waals surface area (Å²) in [5.74, 6) is -1.14. The minimum Gasteiger partial charge on any atom is -0.361 e. The molecule has 0 saturated carbocycles. The Morgan fingerprint density at radius 3 is 2.60 bits per heavy atom. The Bertz CT molecular complexity index is 650. The average Bonchev–Trinajstić information content (AvgIpc) is 2.57. The van der Waals surface area contributed by atoms with Crippen molar-refractivity contribution in [3.8, 4) is 0 Å². The first-order chi connectivity index (χ1) is 11.8. The monoisotopic (exact) mass is 356 g/mol. The minimum absolute atomic E-state index is 0.0680. The number of morpholine rings is 1. The first kappa shape index (κ1) is 17.7. The van der Waals surface area contributed by atoms with E-state index in [4.69, 9.17) is 4.74 Å². The average molecular weight is 356 g/mol. The maximum Gasteiger partial charge on any atom is 0.397 e. The Labute approximate surface area is 143 Å². The highest BCUT2D eigenvalue weighted by atomic mass is 19.4. The van der Waals surface area contributed by atoms with E-state index in [0.717, 1.165) is 0 Å². The van der Waals surface area contributed by atoms with Crippen molar-refractivity contribution in [1.82, 2.24) is 4.90 Å². The second-order valence-corrected chi connectivity index (χ2v) is 6.50. The molecule has 1 atom stereocenters. The number of ether oxygens (including phenoxy) is 1. The number of nitrogens with zero attached hydrogens (tertiary/aromatic N) is 2. The number of benzene rings is 1. The Morgan fingerprint density at radius 2 is 1.92 bits per heavy atom. The Hall–Kier alpha value is -2.09. The summed E-state index contributed by atoms with van der Waals surface area (Å²) in [4.78, 5) is 26.9. The summed E-state index contributed by atoms with van der Waals surface area (Å²) in [5.41, 5.74) is -0.0996. The molecular formula is C17H19F3N2O3. The molecule has 0 N–H and O–H groups in total. The zero-order chi connectivity index (χ0) is 18.1. The van der Waals surface area contributed by atoms with Gasteiger partial charge in [-0.25, -0.2) is 0 Å². The number of amides is 2. The fraction of sp³-hybridized carbons (Fsp3) is 0.529. The van der Waals surface area contributed by atoms with Gasteiger partial charge in [0.1, 0.15) is 18.6 Å². The van der Waals surface area contributed by atoms with Crippen LogP contribution in [0.1, 0.15) is 19.3 Å². The molecule has 2 saturated heterocycles. The summed E-state index contributed by atoms with van der Waals surface area (Å²) < 4.78 is 43.2. The van der Waals surface area contributed by atoms with Gasteiger partial charge in [0.25, 0.3) is 5.91 Å². The molecule has 2 aliphatic heterocycles.